The Balaban J connectivity index is 0.000000292. The summed E-state index contributed by atoms with van der Waals surface area (Å²) in [5.41, 5.74) is 1.88. The molecule has 0 saturated heterocycles. The highest BCUT2D eigenvalue weighted by molar-refractivity contribution is 5.78. The van der Waals surface area contributed by atoms with E-state index >= 15 is 0 Å². The SMILES string of the molecule is C=CC(=O)O.Cc1cccc(C)c1O. The fourth-order valence-electron chi connectivity index (χ4n) is 0.806. The fourth-order valence-corrected chi connectivity index (χ4v) is 0.806. The van der Waals surface area contributed by atoms with Crippen LogP contribution >= 0.6 is 0 Å². The third-order valence-corrected chi connectivity index (χ3v) is 1.61. The second-order valence-corrected chi connectivity index (χ2v) is 2.78. The van der Waals surface area contributed by atoms with Gasteiger partial charge in [0.2, 0.25) is 0 Å². The van der Waals surface area contributed by atoms with E-state index in [-0.39, 0.29) is 0 Å². The third-order valence-electron chi connectivity index (χ3n) is 1.61. The molecule has 2 N–H and O–H groups in total. The van der Waals surface area contributed by atoms with Gasteiger partial charge in [-0.1, -0.05) is 24.8 Å². The number of aromatic hydroxyl groups is 1. The minimum atomic E-state index is -0.981. The van der Waals surface area contributed by atoms with Gasteiger partial charge in [-0.3, -0.25) is 0 Å². The molecule has 1 rings (SSSR count). The molecule has 1 aromatic rings. The van der Waals surface area contributed by atoms with Crippen LogP contribution in [0.25, 0.3) is 0 Å². The van der Waals surface area contributed by atoms with Crippen molar-refractivity contribution in [1.82, 2.24) is 0 Å². The van der Waals surface area contributed by atoms with Crippen molar-refractivity contribution in [3.05, 3.63) is 42.0 Å². The molecule has 0 aliphatic carbocycles. The van der Waals surface area contributed by atoms with Crippen LogP contribution in [-0.2, 0) is 4.79 Å². The van der Waals surface area contributed by atoms with Crippen molar-refractivity contribution in [3.8, 4) is 5.75 Å². The Labute approximate surface area is 83.3 Å². The van der Waals surface area contributed by atoms with E-state index in [9.17, 15) is 9.90 Å². The van der Waals surface area contributed by atoms with Crippen LogP contribution in [0.4, 0.5) is 0 Å². The molecule has 3 heteroatoms. The van der Waals surface area contributed by atoms with E-state index in [4.69, 9.17) is 5.11 Å². The molecule has 0 heterocycles. The molecular formula is C11H14O3. The van der Waals surface area contributed by atoms with E-state index in [0.717, 1.165) is 17.2 Å². The van der Waals surface area contributed by atoms with Crippen molar-refractivity contribution in [1.29, 1.82) is 0 Å². The van der Waals surface area contributed by atoms with Crippen LogP contribution in [0.3, 0.4) is 0 Å². The van der Waals surface area contributed by atoms with Gasteiger partial charge in [-0.15, -0.1) is 0 Å². The minimum Gasteiger partial charge on any atom is -0.507 e. The number of rotatable bonds is 1. The topological polar surface area (TPSA) is 57.5 Å². The molecule has 0 aliphatic rings. The van der Waals surface area contributed by atoms with Gasteiger partial charge < -0.3 is 10.2 Å². The lowest BCUT2D eigenvalue weighted by Gasteiger charge is -1.99. The van der Waals surface area contributed by atoms with Crippen LogP contribution in [0, 0.1) is 13.8 Å². The number of hydrogen-bond donors (Lipinski definition) is 2. The molecule has 0 unspecified atom stereocenters. The predicted molar refractivity (Wildman–Crippen MR) is 55.4 cm³/mol. The average Bonchev–Trinajstić information content (AvgIpc) is 2.15. The first-order chi connectivity index (χ1) is 6.49. The lowest BCUT2D eigenvalue weighted by Crippen LogP contribution is -1.82. The Bertz CT molecular complexity index is 309. The van der Waals surface area contributed by atoms with Crippen LogP contribution in [0.5, 0.6) is 5.75 Å². The van der Waals surface area contributed by atoms with Gasteiger partial charge in [-0.2, -0.15) is 0 Å². The van der Waals surface area contributed by atoms with Crippen molar-refractivity contribution in [2.75, 3.05) is 0 Å². The smallest absolute Gasteiger partial charge is 0.327 e. The van der Waals surface area contributed by atoms with Gasteiger partial charge in [-0.25, -0.2) is 4.79 Å². The zero-order chi connectivity index (χ0) is 11.1. The van der Waals surface area contributed by atoms with Crippen LogP contribution in [0.1, 0.15) is 11.1 Å². The zero-order valence-electron chi connectivity index (χ0n) is 8.32. The molecule has 0 bridgehead atoms. The Morgan fingerprint density at radius 2 is 1.71 bits per heavy atom. The highest BCUT2D eigenvalue weighted by Crippen LogP contribution is 2.19. The lowest BCUT2D eigenvalue weighted by atomic mass is 10.1. The Hall–Kier alpha value is -1.77. The molecule has 0 radical (unpaired) electrons. The maximum Gasteiger partial charge on any atom is 0.327 e. The number of carbonyl (C=O) groups is 1. The maximum atomic E-state index is 9.25. The van der Waals surface area contributed by atoms with Crippen LogP contribution in [0.2, 0.25) is 0 Å². The van der Waals surface area contributed by atoms with Gasteiger partial charge in [0.05, 0.1) is 0 Å². The highest BCUT2D eigenvalue weighted by Gasteiger charge is 1.95. The van der Waals surface area contributed by atoms with Crippen molar-refractivity contribution < 1.29 is 15.0 Å². The average molecular weight is 194 g/mol. The monoisotopic (exact) mass is 194 g/mol. The first kappa shape index (κ1) is 12.2. The molecule has 0 aliphatic heterocycles. The van der Waals surface area contributed by atoms with E-state index in [0.29, 0.717) is 5.75 Å². The van der Waals surface area contributed by atoms with Crippen LogP contribution < -0.4 is 0 Å². The molecular weight excluding hydrogens is 180 g/mol. The normalized spacial score (nSPS) is 8.43. The number of para-hydroxylation sites is 1. The molecule has 0 aromatic heterocycles. The quantitative estimate of drug-likeness (QED) is 0.674. The van der Waals surface area contributed by atoms with Gasteiger partial charge in [0.25, 0.3) is 0 Å². The van der Waals surface area contributed by atoms with E-state index in [1.54, 1.807) is 0 Å². The summed E-state index contributed by atoms with van der Waals surface area (Å²) in [5, 5.41) is 16.8. The number of carboxylic acids is 1. The van der Waals surface area contributed by atoms with Gasteiger partial charge in [0.15, 0.2) is 0 Å². The number of aryl methyl sites for hydroxylation is 2. The van der Waals surface area contributed by atoms with E-state index in [2.05, 4.69) is 6.58 Å². The molecule has 0 atom stereocenters. The van der Waals surface area contributed by atoms with Crippen molar-refractivity contribution >= 4 is 5.97 Å². The predicted octanol–water partition coefficient (Wildman–Crippen LogP) is 2.27. The van der Waals surface area contributed by atoms with E-state index < -0.39 is 5.97 Å². The molecule has 1 aromatic carbocycles. The molecule has 0 amide bonds. The summed E-state index contributed by atoms with van der Waals surface area (Å²) < 4.78 is 0. The molecule has 0 saturated carbocycles. The van der Waals surface area contributed by atoms with Crippen LogP contribution in [-0.4, -0.2) is 16.2 Å². The molecule has 0 spiro atoms. The number of aliphatic carboxylic acids is 1. The number of phenolic OH excluding ortho intramolecular Hbond substituents is 1. The standard InChI is InChI=1S/C8H10O.C3H4O2/c1-6-4-3-5-7(2)8(6)9;1-2-3(4)5/h3-5,9H,1-2H3;2H,1H2,(H,4,5). The molecule has 76 valence electrons. The van der Waals surface area contributed by atoms with Gasteiger partial charge >= 0.3 is 5.97 Å². The molecule has 14 heavy (non-hydrogen) atoms. The van der Waals surface area contributed by atoms with Gasteiger partial charge in [0, 0.05) is 6.08 Å². The van der Waals surface area contributed by atoms with Crippen molar-refractivity contribution in [2.45, 2.75) is 13.8 Å². The summed E-state index contributed by atoms with van der Waals surface area (Å²) in [4.78, 5) is 9.25. The van der Waals surface area contributed by atoms with Crippen LogP contribution in [0.15, 0.2) is 30.9 Å². The highest BCUT2D eigenvalue weighted by atomic mass is 16.4. The summed E-state index contributed by atoms with van der Waals surface area (Å²) in [6, 6.07) is 5.72. The number of hydrogen-bond acceptors (Lipinski definition) is 2. The van der Waals surface area contributed by atoms with E-state index in [1.807, 2.05) is 32.0 Å². The second kappa shape index (κ2) is 5.80. The lowest BCUT2D eigenvalue weighted by molar-refractivity contribution is -0.131. The molecule has 0 fully saturated rings. The number of benzene rings is 1. The summed E-state index contributed by atoms with van der Waals surface area (Å²) in [6.45, 7) is 6.74. The largest absolute Gasteiger partial charge is 0.507 e. The maximum absolute atomic E-state index is 9.25. The van der Waals surface area contributed by atoms with Gasteiger partial charge in [-0.05, 0) is 25.0 Å². The number of carboxylic acid groups (broad SMARTS) is 1. The first-order valence-electron chi connectivity index (χ1n) is 4.09. The first-order valence-corrected chi connectivity index (χ1v) is 4.09. The summed E-state index contributed by atoms with van der Waals surface area (Å²) in [5.74, 6) is -0.567. The summed E-state index contributed by atoms with van der Waals surface area (Å²) >= 11 is 0. The Morgan fingerprint density at radius 1 is 1.36 bits per heavy atom. The number of phenols is 1. The third kappa shape index (κ3) is 4.30. The Morgan fingerprint density at radius 3 is 1.93 bits per heavy atom. The second-order valence-electron chi connectivity index (χ2n) is 2.78. The summed E-state index contributed by atoms with van der Waals surface area (Å²) in [7, 11) is 0. The zero-order valence-corrected chi connectivity index (χ0v) is 8.32. The van der Waals surface area contributed by atoms with Crippen molar-refractivity contribution in [3.63, 3.8) is 0 Å². The van der Waals surface area contributed by atoms with Crippen molar-refractivity contribution in [2.24, 2.45) is 0 Å². The summed E-state index contributed by atoms with van der Waals surface area (Å²) in [6.07, 6.45) is 0.833. The molecule has 3 nitrogen and oxygen atoms in total. The van der Waals surface area contributed by atoms with Gasteiger partial charge in [0.1, 0.15) is 5.75 Å². The Kier molecular flexibility index (Phi) is 5.07. The minimum absolute atomic E-state index is 0.414. The fraction of sp³-hybridized carbons (Fsp3) is 0.182. The van der Waals surface area contributed by atoms with E-state index in [1.165, 1.54) is 0 Å².